The van der Waals surface area contributed by atoms with E-state index in [4.69, 9.17) is 31.3 Å². The summed E-state index contributed by atoms with van der Waals surface area (Å²) < 4.78 is 11.1. The molecule has 192 valence electrons. The van der Waals surface area contributed by atoms with Crippen molar-refractivity contribution in [2.75, 3.05) is 19.8 Å². The Morgan fingerprint density at radius 1 is 1.00 bits per heavy atom. The van der Waals surface area contributed by atoms with Crippen molar-refractivity contribution in [3.8, 4) is 5.75 Å². The zero-order valence-corrected chi connectivity index (χ0v) is 20.0. The smallest absolute Gasteiger partial charge is 0.119 e. The molecule has 0 amide bonds. The first-order valence-corrected chi connectivity index (χ1v) is 11.2. The van der Waals surface area contributed by atoms with Gasteiger partial charge in [-0.15, -0.1) is 0 Å². The van der Waals surface area contributed by atoms with E-state index in [0.717, 1.165) is 16.9 Å². The van der Waals surface area contributed by atoms with Crippen LogP contribution in [-0.4, -0.2) is 86.5 Å². The zero-order valence-electron chi connectivity index (χ0n) is 19.2. The molecule has 0 aliphatic carbocycles. The molecule has 0 spiro atoms. The van der Waals surface area contributed by atoms with Crippen LogP contribution >= 0.6 is 11.6 Å². The second-order valence-corrected chi connectivity index (χ2v) is 8.29. The summed E-state index contributed by atoms with van der Waals surface area (Å²) in [5.74, 6) is 0.799. The van der Waals surface area contributed by atoms with Crippen LogP contribution < -0.4 is 4.74 Å². The molecule has 1 aliphatic heterocycles. The third-order valence-electron chi connectivity index (χ3n) is 5.18. The lowest BCUT2D eigenvalue weighted by atomic mass is 9.90. The summed E-state index contributed by atoms with van der Waals surface area (Å²) >= 11 is 6.35. The summed E-state index contributed by atoms with van der Waals surface area (Å²) in [5.41, 5.74) is 2.49. The van der Waals surface area contributed by atoms with Crippen molar-refractivity contribution >= 4 is 11.6 Å². The predicted octanol–water partition coefficient (Wildman–Crippen LogP) is 0.379. The minimum Gasteiger partial charge on any atom is -0.494 e. The van der Waals surface area contributed by atoms with Gasteiger partial charge in [-0.3, -0.25) is 0 Å². The molecule has 1 fully saturated rings. The fraction of sp³-hybridized carbons (Fsp3) is 0.500. The summed E-state index contributed by atoms with van der Waals surface area (Å²) in [4.78, 5) is 0. The average molecular weight is 503 g/mol. The summed E-state index contributed by atoms with van der Waals surface area (Å²) in [6, 6.07) is 12.9. The van der Waals surface area contributed by atoms with Crippen LogP contribution in [0.15, 0.2) is 42.5 Å². The Morgan fingerprint density at radius 2 is 1.62 bits per heavy atom. The number of hydrogen-bond acceptors (Lipinski definition) is 8. The number of aliphatic hydroxyl groups excluding tert-OH is 6. The van der Waals surface area contributed by atoms with Crippen LogP contribution in [0.25, 0.3) is 0 Å². The molecule has 0 radical (unpaired) electrons. The number of halogens is 1. The van der Waals surface area contributed by atoms with Gasteiger partial charge in [0.25, 0.3) is 0 Å². The first-order chi connectivity index (χ1) is 15.7. The van der Waals surface area contributed by atoms with Crippen molar-refractivity contribution < 1.29 is 45.6 Å². The highest BCUT2D eigenvalue weighted by Crippen LogP contribution is 2.34. The first-order valence-electron chi connectivity index (χ1n) is 10.8. The van der Waals surface area contributed by atoms with E-state index in [9.17, 15) is 20.4 Å². The van der Waals surface area contributed by atoms with E-state index in [0.29, 0.717) is 23.6 Å². The SMILES string of the molecule is CC(O)CO.CCOc1ccc(Cc2cc(C3OC(CO)[C@@H](O)[C@H](O)C3O)ccc2Cl)cc1.O. The number of hydrogen-bond donors (Lipinski definition) is 6. The van der Waals surface area contributed by atoms with E-state index >= 15 is 0 Å². The molecule has 34 heavy (non-hydrogen) atoms. The highest BCUT2D eigenvalue weighted by Gasteiger charge is 2.44. The second-order valence-electron chi connectivity index (χ2n) is 7.89. The van der Waals surface area contributed by atoms with Gasteiger partial charge in [-0.25, -0.2) is 0 Å². The Labute approximate surface area is 204 Å². The van der Waals surface area contributed by atoms with Gasteiger partial charge in [0.05, 0.1) is 25.9 Å². The summed E-state index contributed by atoms with van der Waals surface area (Å²) in [5, 5.41) is 56.3. The van der Waals surface area contributed by atoms with Gasteiger partial charge >= 0.3 is 0 Å². The number of aliphatic hydroxyl groups is 6. The predicted molar refractivity (Wildman–Crippen MR) is 127 cm³/mol. The molecule has 9 nitrogen and oxygen atoms in total. The summed E-state index contributed by atoms with van der Waals surface area (Å²) in [6.07, 6.45) is -5.95. The van der Waals surface area contributed by atoms with Crippen LogP contribution in [0.5, 0.6) is 5.75 Å². The third kappa shape index (κ3) is 8.16. The van der Waals surface area contributed by atoms with Gasteiger partial charge in [0.2, 0.25) is 0 Å². The van der Waals surface area contributed by atoms with Crippen LogP contribution in [0, 0.1) is 0 Å². The van der Waals surface area contributed by atoms with Crippen molar-refractivity contribution in [2.45, 2.75) is 56.9 Å². The Kier molecular flexibility index (Phi) is 13.0. The lowest BCUT2D eigenvalue weighted by Gasteiger charge is -2.40. The Morgan fingerprint density at radius 3 is 2.15 bits per heavy atom. The maximum atomic E-state index is 10.3. The molecule has 1 heterocycles. The maximum absolute atomic E-state index is 10.3. The van der Waals surface area contributed by atoms with E-state index in [2.05, 4.69) is 0 Å². The molecule has 1 aliphatic rings. The highest BCUT2D eigenvalue weighted by molar-refractivity contribution is 6.31. The van der Waals surface area contributed by atoms with Gasteiger partial charge in [-0.1, -0.05) is 35.9 Å². The average Bonchev–Trinajstić information content (AvgIpc) is 2.81. The van der Waals surface area contributed by atoms with Gasteiger partial charge in [-0.05, 0) is 55.2 Å². The minimum atomic E-state index is -1.42. The molecular formula is C24H35ClO9. The van der Waals surface area contributed by atoms with Crippen LogP contribution in [0.4, 0.5) is 0 Å². The van der Waals surface area contributed by atoms with Gasteiger partial charge < -0.3 is 45.6 Å². The Bertz CT molecular complexity index is 845. The molecule has 4 unspecified atom stereocenters. The second kappa shape index (κ2) is 14.6. The largest absolute Gasteiger partial charge is 0.494 e. The van der Waals surface area contributed by atoms with Crippen molar-refractivity contribution in [3.63, 3.8) is 0 Å². The van der Waals surface area contributed by atoms with Crippen molar-refractivity contribution in [2.24, 2.45) is 0 Å². The van der Waals surface area contributed by atoms with Gasteiger partial charge in [0.1, 0.15) is 36.3 Å². The number of ether oxygens (including phenoxy) is 2. The molecule has 10 heteroatoms. The lowest BCUT2D eigenvalue weighted by molar-refractivity contribution is -0.231. The molecule has 0 aromatic heterocycles. The topological polar surface area (TPSA) is 171 Å². The fourth-order valence-electron chi connectivity index (χ4n) is 3.37. The van der Waals surface area contributed by atoms with E-state index in [1.807, 2.05) is 37.3 Å². The number of benzene rings is 2. The molecule has 2 aromatic rings. The van der Waals surface area contributed by atoms with Crippen LogP contribution in [0.1, 0.15) is 36.6 Å². The van der Waals surface area contributed by atoms with Crippen LogP contribution in [0.3, 0.4) is 0 Å². The van der Waals surface area contributed by atoms with E-state index in [-0.39, 0.29) is 12.1 Å². The van der Waals surface area contributed by atoms with Crippen molar-refractivity contribution in [1.82, 2.24) is 0 Å². The van der Waals surface area contributed by atoms with Gasteiger partial charge in [0, 0.05) is 5.02 Å². The van der Waals surface area contributed by atoms with E-state index < -0.39 is 43.2 Å². The summed E-state index contributed by atoms with van der Waals surface area (Å²) in [6.45, 7) is 3.46. The monoisotopic (exact) mass is 502 g/mol. The molecule has 2 aromatic carbocycles. The van der Waals surface area contributed by atoms with Gasteiger partial charge in [-0.2, -0.15) is 0 Å². The fourth-order valence-corrected chi connectivity index (χ4v) is 3.56. The molecule has 8 N–H and O–H groups in total. The molecule has 6 atom stereocenters. The van der Waals surface area contributed by atoms with Gasteiger partial charge in [0.15, 0.2) is 0 Å². The maximum Gasteiger partial charge on any atom is 0.119 e. The van der Waals surface area contributed by atoms with Crippen molar-refractivity contribution in [1.29, 1.82) is 0 Å². The lowest BCUT2D eigenvalue weighted by Crippen LogP contribution is -2.55. The van der Waals surface area contributed by atoms with Crippen molar-refractivity contribution in [3.05, 3.63) is 64.2 Å². The first kappa shape index (κ1) is 30.2. The van der Waals surface area contributed by atoms with E-state index in [1.54, 1.807) is 12.1 Å². The minimum absolute atomic E-state index is 0. The molecule has 0 saturated carbocycles. The third-order valence-corrected chi connectivity index (χ3v) is 5.55. The molecule has 3 rings (SSSR count). The van der Waals surface area contributed by atoms with Crippen LogP contribution in [0.2, 0.25) is 5.02 Å². The summed E-state index contributed by atoms with van der Waals surface area (Å²) in [7, 11) is 0. The highest BCUT2D eigenvalue weighted by atomic mass is 35.5. The van der Waals surface area contributed by atoms with Crippen LogP contribution in [-0.2, 0) is 11.2 Å². The zero-order chi connectivity index (χ0) is 24.5. The number of rotatable bonds is 7. The van der Waals surface area contributed by atoms with E-state index in [1.165, 1.54) is 6.92 Å². The Hall–Kier alpha value is -1.79. The quantitative estimate of drug-likeness (QED) is 0.315. The normalized spacial score (nSPS) is 24.9. The Balaban J connectivity index is 0.000000873. The molecule has 1 saturated heterocycles. The molecular weight excluding hydrogens is 468 g/mol. The standard InChI is InChI=1S/C21H25ClO6.C3H8O2.H2O/c1-2-27-15-6-3-12(4-7-15)9-14-10-13(5-8-16(14)22)21-20(26)19(25)18(24)17(11-23)28-21;1-3(5)2-4;/h3-8,10,17-21,23-26H,2,9,11H2,1H3;3-5H,2H2,1H3;1H2/t17?,18-,19+,20?,21?;;/m1../s1. The molecule has 0 bridgehead atoms.